The number of furan rings is 2. The van der Waals surface area contributed by atoms with Gasteiger partial charge in [-0.1, -0.05) is 0 Å². The summed E-state index contributed by atoms with van der Waals surface area (Å²) in [5.41, 5.74) is 2.53. The van der Waals surface area contributed by atoms with Crippen molar-refractivity contribution in [2.24, 2.45) is 0 Å². The standard InChI is InChI=1S/C27H14N6O2S2/c1-3-33-20(22-6-7-23(34-22)27-32-15-19(37-27)9-17(14-30)31-2)4-5-21(33)24-11-26-25(35-24)10-18(36-26)8-16(12-28)13-29/h4-11,15H,3H2,1H3/b17-9-. The van der Waals surface area contributed by atoms with Crippen LogP contribution in [0.2, 0.25) is 0 Å². The summed E-state index contributed by atoms with van der Waals surface area (Å²) in [6.45, 7) is 9.75. The molecule has 5 aromatic rings. The van der Waals surface area contributed by atoms with Gasteiger partial charge < -0.3 is 13.4 Å². The largest absolute Gasteiger partial charge is 0.454 e. The van der Waals surface area contributed by atoms with Crippen LogP contribution < -0.4 is 0 Å². The summed E-state index contributed by atoms with van der Waals surface area (Å²) in [5.74, 6) is 1.98. The molecule has 0 aliphatic rings. The zero-order chi connectivity index (χ0) is 25.9. The lowest BCUT2D eigenvalue weighted by atomic mass is 10.3. The molecule has 176 valence electrons. The Kier molecular flexibility index (Phi) is 6.29. The SMILES string of the molecule is [C-]#[N+]/C(C#N)=C\c1cnc(-c2ccc(-c3ccc(-c4cc5sc(C=C(C#N)C#N)cc5o4)n3CC)o2)s1. The second kappa shape index (κ2) is 9.85. The zero-order valence-electron chi connectivity index (χ0n) is 19.2. The molecule has 0 atom stereocenters. The van der Waals surface area contributed by atoms with Crippen LogP contribution in [-0.2, 0) is 6.54 Å². The van der Waals surface area contributed by atoms with E-state index in [0.29, 0.717) is 39.3 Å². The van der Waals surface area contributed by atoms with Crippen molar-refractivity contribution in [3.63, 3.8) is 0 Å². The van der Waals surface area contributed by atoms with Gasteiger partial charge in [0.05, 0.1) is 28.7 Å². The van der Waals surface area contributed by atoms with E-state index < -0.39 is 0 Å². The maximum Gasteiger partial charge on any atom is 0.263 e. The fourth-order valence-corrected chi connectivity index (χ4v) is 5.58. The van der Waals surface area contributed by atoms with Crippen LogP contribution >= 0.6 is 22.7 Å². The second-order valence-electron chi connectivity index (χ2n) is 7.60. The van der Waals surface area contributed by atoms with E-state index in [0.717, 1.165) is 21.0 Å². The number of allylic oxidation sites excluding steroid dienone is 2. The summed E-state index contributed by atoms with van der Waals surface area (Å²) >= 11 is 2.79. The summed E-state index contributed by atoms with van der Waals surface area (Å²) < 4.78 is 15.3. The van der Waals surface area contributed by atoms with Crippen LogP contribution in [0.4, 0.5) is 0 Å². The number of hydrogen-bond donors (Lipinski definition) is 0. The highest BCUT2D eigenvalue weighted by molar-refractivity contribution is 7.19. The van der Waals surface area contributed by atoms with E-state index in [1.807, 2.05) is 61.5 Å². The van der Waals surface area contributed by atoms with E-state index in [-0.39, 0.29) is 11.3 Å². The smallest absolute Gasteiger partial charge is 0.263 e. The first-order valence-corrected chi connectivity index (χ1v) is 12.5. The molecule has 5 aromatic heterocycles. The van der Waals surface area contributed by atoms with Crippen LogP contribution in [0.5, 0.6) is 0 Å². The van der Waals surface area contributed by atoms with Crippen LogP contribution in [0.3, 0.4) is 0 Å². The van der Waals surface area contributed by atoms with Crippen LogP contribution in [0.15, 0.2) is 62.7 Å². The minimum atomic E-state index is 0.00297. The Bertz CT molecular complexity index is 1810. The van der Waals surface area contributed by atoms with Crippen molar-refractivity contribution in [3.8, 4) is 51.9 Å². The molecule has 0 saturated carbocycles. The number of thiophene rings is 1. The molecular formula is C27H14N6O2S2. The number of nitriles is 3. The van der Waals surface area contributed by atoms with E-state index in [1.165, 1.54) is 28.7 Å². The minimum absolute atomic E-state index is 0.00297. The molecular weight excluding hydrogens is 504 g/mol. The highest BCUT2D eigenvalue weighted by Crippen LogP contribution is 2.38. The van der Waals surface area contributed by atoms with Crippen molar-refractivity contribution >= 4 is 45.1 Å². The maximum atomic E-state index is 8.98. The molecule has 0 N–H and O–H groups in total. The predicted molar refractivity (Wildman–Crippen MR) is 141 cm³/mol. The molecule has 0 aliphatic heterocycles. The Labute approximate surface area is 219 Å². The predicted octanol–water partition coefficient (Wildman–Crippen LogP) is 7.58. The molecule has 8 nitrogen and oxygen atoms in total. The van der Waals surface area contributed by atoms with Crippen LogP contribution in [0.1, 0.15) is 16.7 Å². The molecule has 0 aliphatic carbocycles. The Hall–Kier alpha value is -5.13. The summed E-state index contributed by atoms with van der Waals surface area (Å²) in [4.78, 5) is 9.03. The van der Waals surface area contributed by atoms with E-state index in [2.05, 4.69) is 14.4 Å². The van der Waals surface area contributed by atoms with E-state index >= 15 is 0 Å². The van der Waals surface area contributed by atoms with Crippen molar-refractivity contribution in [1.29, 1.82) is 15.8 Å². The molecule has 5 rings (SSSR count). The second-order valence-corrected chi connectivity index (χ2v) is 9.78. The maximum absolute atomic E-state index is 8.98. The van der Waals surface area contributed by atoms with Crippen molar-refractivity contribution in [1.82, 2.24) is 9.55 Å². The van der Waals surface area contributed by atoms with Crippen LogP contribution in [0, 0.1) is 40.6 Å². The van der Waals surface area contributed by atoms with Crippen molar-refractivity contribution in [2.75, 3.05) is 0 Å². The summed E-state index contributed by atoms with van der Waals surface area (Å²) in [5, 5.41) is 27.6. The summed E-state index contributed by atoms with van der Waals surface area (Å²) in [6.07, 6.45) is 4.67. The van der Waals surface area contributed by atoms with Crippen LogP contribution in [0.25, 0.3) is 61.0 Å². The third-order valence-electron chi connectivity index (χ3n) is 5.41. The van der Waals surface area contributed by atoms with Crippen LogP contribution in [-0.4, -0.2) is 9.55 Å². The van der Waals surface area contributed by atoms with Gasteiger partial charge in [-0.25, -0.2) is 15.1 Å². The lowest BCUT2D eigenvalue weighted by Crippen LogP contribution is -1.98. The third-order valence-corrected chi connectivity index (χ3v) is 7.38. The normalized spacial score (nSPS) is 11.0. The Morgan fingerprint density at radius 2 is 1.73 bits per heavy atom. The Morgan fingerprint density at radius 3 is 2.41 bits per heavy atom. The molecule has 0 aromatic carbocycles. The van der Waals surface area contributed by atoms with E-state index in [4.69, 9.17) is 31.2 Å². The molecule has 10 heteroatoms. The summed E-state index contributed by atoms with van der Waals surface area (Å²) in [7, 11) is 0. The van der Waals surface area contributed by atoms with Gasteiger partial charge in [-0.15, -0.1) is 22.7 Å². The van der Waals surface area contributed by atoms with Gasteiger partial charge in [0.15, 0.2) is 22.3 Å². The average Bonchev–Trinajstić information content (AvgIpc) is 3.72. The number of aromatic nitrogens is 2. The number of hydrogen-bond acceptors (Lipinski definition) is 8. The number of rotatable bonds is 6. The molecule has 5 heterocycles. The first kappa shape index (κ1) is 23.6. The van der Waals surface area contributed by atoms with Gasteiger partial charge in [0, 0.05) is 28.6 Å². The van der Waals surface area contributed by atoms with Gasteiger partial charge in [0.1, 0.15) is 23.3 Å². The van der Waals surface area contributed by atoms with Gasteiger partial charge in [0.25, 0.3) is 5.70 Å². The molecule has 0 bridgehead atoms. The molecule has 0 saturated heterocycles. The number of fused-ring (bicyclic) bond motifs is 1. The summed E-state index contributed by atoms with van der Waals surface area (Å²) in [6, 6.07) is 17.1. The Morgan fingerprint density at radius 1 is 0.973 bits per heavy atom. The molecule has 0 unspecified atom stereocenters. The molecule has 0 amide bonds. The fraction of sp³-hybridized carbons (Fsp3) is 0.0741. The van der Waals surface area contributed by atoms with E-state index in [9.17, 15) is 0 Å². The average molecular weight is 519 g/mol. The molecule has 37 heavy (non-hydrogen) atoms. The van der Waals surface area contributed by atoms with E-state index in [1.54, 1.807) is 12.3 Å². The third kappa shape index (κ3) is 4.47. The zero-order valence-corrected chi connectivity index (χ0v) is 20.9. The van der Waals surface area contributed by atoms with Gasteiger partial charge in [-0.05, 0) is 49.4 Å². The first-order valence-electron chi connectivity index (χ1n) is 10.9. The van der Waals surface area contributed by atoms with Gasteiger partial charge in [0.2, 0.25) is 0 Å². The highest BCUT2D eigenvalue weighted by atomic mass is 32.1. The molecule has 0 spiro atoms. The number of nitrogens with zero attached hydrogens (tertiary/aromatic N) is 6. The topological polar surface area (TPSA) is 120 Å². The molecule has 0 fully saturated rings. The fourth-order valence-electron chi connectivity index (χ4n) is 3.80. The quantitative estimate of drug-likeness (QED) is 0.169. The highest BCUT2D eigenvalue weighted by Gasteiger charge is 2.18. The monoisotopic (exact) mass is 518 g/mol. The van der Waals surface area contributed by atoms with Crippen molar-refractivity contribution in [3.05, 3.63) is 75.0 Å². The van der Waals surface area contributed by atoms with Crippen molar-refractivity contribution < 1.29 is 8.83 Å². The lowest BCUT2D eigenvalue weighted by molar-refractivity contribution is 0.585. The lowest BCUT2D eigenvalue weighted by Gasteiger charge is -2.08. The van der Waals surface area contributed by atoms with Gasteiger partial charge in [-0.2, -0.15) is 10.5 Å². The first-order chi connectivity index (χ1) is 18.1. The number of thiazole rings is 1. The minimum Gasteiger partial charge on any atom is -0.454 e. The molecule has 0 radical (unpaired) electrons. The van der Waals surface area contributed by atoms with Crippen molar-refractivity contribution in [2.45, 2.75) is 13.5 Å². The Balaban J connectivity index is 1.44. The van der Waals surface area contributed by atoms with Gasteiger partial charge >= 0.3 is 0 Å². The van der Waals surface area contributed by atoms with Gasteiger partial charge in [-0.3, -0.25) is 0 Å².